The lowest BCUT2D eigenvalue weighted by atomic mass is 9.99. The quantitative estimate of drug-likeness (QED) is 0.679. The number of carbonyl (C=O) groups is 1. The van der Waals surface area contributed by atoms with E-state index in [0.717, 1.165) is 10.9 Å². The van der Waals surface area contributed by atoms with Crippen molar-refractivity contribution < 1.29 is 17.6 Å². The number of amides is 1. The number of nitrogens with zero attached hydrogens (tertiary/aromatic N) is 2. The van der Waals surface area contributed by atoms with Gasteiger partial charge in [0, 0.05) is 31.2 Å². The third-order valence-electron chi connectivity index (χ3n) is 5.35. The summed E-state index contributed by atoms with van der Waals surface area (Å²) in [5.41, 5.74) is 1.22. The molecule has 1 amide bonds. The van der Waals surface area contributed by atoms with Crippen molar-refractivity contribution in [2.24, 2.45) is 5.92 Å². The van der Waals surface area contributed by atoms with Gasteiger partial charge < -0.3 is 5.32 Å². The van der Waals surface area contributed by atoms with E-state index in [2.05, 4.69) is 10.3 Å². The van der Waals surface area contributed by atoms with Gasteiger partial charge in [-0.3, -0.25) is 9.78 Å². The van der Waals surface area contributed by atoms with Gasteiger partial charge in [0.05, 0.1) is 11.4 Å². The first-order valence-electron chi connectivity index (χ1n) is 9.81. The number of hydrogen-bond acceptors (Lipinski definition) is 4. The number of pyridine rings is 1. The van der Waals surface area contributed by atoms with Gasteiger partial charge in [-0.1, -0.05) is 30.3 Å². The van der Waals surface area contributed by atoms with E-state index in [1.165, 1.54) is 16.4 Å². The average Bonchev–Trinajstić information content (AvgIpc) is 2.78. The summed E-state index contributed by atoms with van der Waals surface area (Å²) in [5.74, 6) is -0.965. The highest BCUT2D eigenvalue weighted by Gasteiger charge is 2.34. The van der Waals surface area contributed by atoms with Crippen LogP contribution in [0.4, 0.5) is 4.39 Å². The number of fused-ring (bicyclic) bond motifs is 1. The lowest BCUT2D eigenvalue weighted by Gasteiger charge is -2.31. The van der Waals surface area contributed by atoms with Gasteiger partial charge in [-0.05, 0) is 42.7 Å². The van der Waals surface area contributed by atoms with E-state index < -0.39 is 15.9 Å². The Morgan fingerprint density at radius 1 is 1.13 bits per heavy atom. The minimum Gasteiger partial charge on any atom is -0.352 e. The molecule has 1 atom stereocenters. The summed E-state index contributed by atoms with van der Waals surface area (Å²) in [6.07, 6.45) is 2.80. The second kappa shape index (κ2) is 8.49. The van der Waals surface area contributed by atoms with Crippen LogP contribution in [0.3, 0.4) is 0 Å². The van der Waals surface area contributed by atoms with Crippen LogP contribution < -0.4 is 5.32 Å². The lowest BCUT2D eigenvalue weighted by Crippen LogP contribution is -2.45. The number of rotatable bonds is 5. The van der Waals surface area contributed by atoms with Gasteiger partial charge in [-0.2, -0.15) is 4.31 Å². The largest absolute Gasteiger partial charge is 0.352 e. The van der Waals surface area contributed by atoms with Crippen LogP contribution in [-0.2, 0) is 21.4 Å². The molecule has 0 saturated carbocycles. The fraction of sp³-hybridized carbons (Fsp3) is 0.273. The van der Waals surface area contributed by atoms with Gasteiger partial charge >= 0.3 is 0 Å². The van der Waals surface area contributed by atoms with E-state index in [9.17, 15) is 17.6 Å². The van der Waals surface area contributed by atoms with Crippen LogP contribution in [0.1, 0.15) is 18.4 Å². The number of sulfonamides is 1. The molecule has 6 nitrogen and oxygen atoms in total. The molecule has 1 fully saturated rings. The summed E-state index contributed by atoms with van der Waals surface area (Å²) in [5, 5.41) is 3.59. The predicted octanol–water partition coefficient (Wildman–Crippen LogP) is 3.09. The fourth-order valence-electron chi connectivity index (χ4n) is 3.73. The number of para-hydroxylation sites is 1. The van der Waals surface area contributed by atoms with Gasteiger partial charge in [0.2, 0.25) is 15.9 Å². The Bertz CT molecular complexity index is 1160. The Labute approximate surface area is 174 Å². The van der Waals surface area contributed by atoms with E-state index in [1.54, 1.807) is 36.5 Å². The van der Waals surface area contributed by atoms with Crippen molar-refractivity contribution in [3.63, 3.8) is 0 Å². The van der Waals surface area contributed by atoms with Gasteiger partial charge in [0.1, 0.15) is 10.7 Å². The molecule has 8 heteroatoms. The molecule has 0 radical (unpaired) electrons. The third kappa shape index (κ3) is 4.20. The van der Waals surface area contributed by atoms with Crippen LogP contribution in [0.25, 0.3) is 10.9 Å². The molecule has 1 aromatic heterocycles. The summed E-state index contributed by atoms with van der Waals surface area (Å²) in [7, 11) is -3.78. The third-order valence-corrected chi connectivity index (χ3v) is 7.25. The summed E-state index contributed by atoms with van der Waals surface area (Å²) in [6.45, 7) is 0.768. The Hall–Kier alpha value is -2.84. The number of aromatic nitrogens is 1. The molecule has 0 aliphatic carbocycles. The maximum Gasteiger partial charge on any atom is 0.245 e. The summed E-state index contributed by atoms with van der Waals surface area (Å²) in [6, 6.07) is 14.6. The highest BCUT2D eigenvalue weighted by atomic mass is 32.2. The fourth-order valence-corrected chi connectivity index (χ4v) is 5.42. The van der Waals surface area contributed by atoms with Crippen LogP contribution >= 0.6 is 0 Å². The first-order valence-corrected chi connectivity index (χ1v) is 11.3. The van der Waals surface area contributed by atoms with Gasteiger partial charge in [-0.25, -0.2) is 12.8 Å². The molecular formula is C22H22FN3O3S. The predicted molar refractivity (Wildman–Crippen MR) is 111 cm³/mol. The maximum absolute atomic E-state index is 13.3. The first-order chi connectivity index (χ1) is 14.4. The number of nitrogens with one attached hydrogen (secondary N) is 1. The minimum absolute atomic E-state index is 0.126. The molecule has 2 aromatic carbocycles. The molecule has 1 unspecified atom stereocenters. The molecule has 1 aliphatic heterocycles. The van der Waals surface area contributed by atoms with Crippen molar-refractivity contribution >= 4 is 26.8 Å². The topological polar surface area (TPSA) is 79.4 Å². The number of hydrogen-bond donors (Lipinski definition) is 1. The van der Waals surface area contributed by atoms with Crippen LogP contribution in [0.2, 0.25) is 0 Å². The number of piperidine rings is 1. The summed E-state index contributed by atoms with van der Waals surface area (Å²) in [4.78, 5) is 17.1. The number of carbonyl (C=O) groups excluding carboxylic acids is 1. The Morgan fingerprint density at radius 3 is 2.70 bits per heavy atom. The highest BCUT2D eigenvalue weighted by molar-refractivity contribution is 7.89. The van der Waals surface area contributed by atoms with E-state index >= 15 is 0 Å². The molecule has 1 saturated heterocycles. The van der Waals surface area contributed by atoms with E-state index in [4.69, 9.17) is 0 Å². The van der Waals surface area contributed by atoms with Gasteiger partial charge in [-0.15, -0.1) is 0 Å². The van der Waals surface area contributed by atoms with Crippen molar-refractivity contribution in [3.05, 3.63) is 72.2 Å². The Balaban J connectivity index is 1.48. The standard InChI is InChI=1S/C22H22FN3O3S/c23-19-10-8-16(9-11-19)14-25-22(27)18-6-3-13-26(15-18)30(28,29)20-7-1-4-17-5-2-12-24-21(17)20/h1-2,4-5,7-12,18H,3,6,13-15H2,(H,25,27). The van der Waals surface area contributed by atoms with Crippen molar-refractivity contribution in [2.75, 3.05) is 13.1 Å². The van der Waals surface area contributed by atoms with E-state index in [0.29, 0.717) is 24.9 Å². The van der Waals surface area contributed by atoms with Gasteiger partial charge in [0.25, 0.3) is 0 Å². The Kier molecular flexibility index (Phi) is 5.78. The van der Waals surface area contributed by atoms with Crippen LogP contribution in [0, 0.1) is 11.7 Å². The van der Waals surface area contributed by atoms with E-state index in [1.807, 2.05) is 12.1 Å². The zero-order chi connectivity index (χ0) is 21.1. The average molecular weight is 428 g/mol. The summed E-state index contributed by atoms with van der Waals surface area (Å²) >= 11 is 0. The molecule has 156 valence electrons. The number of halogens is 1. The van der Waals surface area contributed by atoms with Crippen LogP contribution in [0.15, 0.2) is 65.7 Å². The van der Waals surface area contributed by atoms with Crippen molar-refractivity contribution in [1.82, 2.24) is 14.6 Å². The van der Waals surface area contributed by atoms with Crippen LogP contribution in [0.5, 0.6) is 0 Å². The zero-order valence-electron chi connectivity index (χ0n) is 16.3. The maximum atomic E-state index is 13.3. The molecule has 30 heavy (non-hydrogen) atoms. The smallest absolute Gasteiger partial charge is 0.245 e. The minimum atomic E-state index is -3.78. The lowest BCUT2D eigenvalue weighted by molar-refractivity contribution is -0.126. The normalized spacial score (nSPS) is 17.7. The molecule has 3 aromatic rings. The zero-order valence-corrected chi connectivity index (χ0v) is 17.1. The monoisotopic (exact) mass is 427 g/mol. The van der Waals surface area contributed by atoms with Crippen molar-refractivity contribution in [2.45, 2.75) is 24.3 Å². The summed E-state index contributed by atoms with van der Waals surface area (Å²) < 4.78 is 41.0. The van der Waals surface area contributed by atoms with Crippen LogP contribution in [-0.4, -0.2) is 36.7 Å². The molecule has 1 N–H and O–H groups in total. The van der Waals surface area contributed by atoms with Gasteiger partial charge in [0.15, 0.2) is 0 Å². The highest BCUT2D eigenvalue weighted by Crippen LogP contribution is 2.28. The number of benzene rings is 2. The molecular weight excluding hydrogens is 405 g/mol. The SMILES string of the molecule is O=C(NCc1ccc(F)cc1)C1CCCN(S(=O)(=O)c2cccc3cccnc23)C1. The Morgan fingerprint density at radius 2 is 1.90 bits per heavy atom. The molecule has 0 bridgehead atoms. The first kappa shape index (κ1) is 20.4. The molecule has 2 heterocycles. The molecule has 0 spiro atoms. The molecule has 1 aliphatic rings. The van der Waals surface area contributed by atoms with Crippen molar-refractivity contribution in [3.8, 4) is 0 Å². The molecule has 4 rings (SSSR count). The van der Waals surface area contributed by atoms with E-state index in [-0.39, 0.29) is 29.7 Å². The second-order valence-corrected chi connectivity index (χ2v) is 9.28. The second-order valence-electron chi connectivity index (χ2n) is 7.38. The van der Waals surface area contributed by atoms with Crippen molar-refractivity contribution in [1.29, 1.82) is 0 Å².